The molecule has 7 heteroatoms. The van der Waals surface area contributed by atoms with Gasteiger partial charge in [-0.3, -0.25) is 14.9 Å². The number of aliphatic hydroxyl groups is 2. The van der Waals surface area contributed by atoms with Crippen LogP contribution in [0.25, 0.3) is 0 Å². The van der Waals surface area contributed by atoms with E-state index in [9.17, 15) is 9.59 Å². The Balaban J connectivity index is -0.0000000596. The molecule has 0 aromatic rings. The van der Waals surface area contributed by atoms with Crippen molar-refractivity contribution in [3.05, 3.63) is 0 Å². The highest BCUT2D eigenvalue weighted by Crippen LogP contribution is 2.13. The van der Waals surface area contributed by atoms with E-state index in [1.54, 1.807) is 6.92 Å². The van der Waals surface area contributed by atoms with Crippen molar-refractivity contribution < 1.29 is 42.1 Å². The van der Waals surface area contributed by atoms with Gasteiger partial charge in [0, 0.05) is 55.9 Å². The van der Waals surface area contributed by atoms with E-state index in [2.05, 4.69) is 71.6 Å². The second-order valence-electron chi connectivity index (χ2n) is 8.84. The summed E-state index contributed by atoms with van der Waals surface area (Å²) in [5.74, 6) is 21.8. The summed E-state index contributed by atoms with van der Waals surface area (Å²) in [6.45, 7) is 4.61. The summed E-state index contributed by atoms with van der Waals surface area (Å²) in [7, 11) is 0. The van der Waals surface area contributed by atoms with Gasteiger partial charge in [0.2, 0.25) is 5.91 Å². The molecule has 40 heavy (non-hydrogen) atoms. The van der Waals surface area contributed by atoms with Crippen LogP contribution in [0.5, 0.6) is 0 Å². The van der Waals surface area contributed by atoms with Crippen LogP contribution in [0.3, 0.4) is 0 Å². The predicted molar refractivity (Wildman–Crippen MR) is 178 cm³/mol. The Labute approximate surface area is 255 Å². The topological polar surface area (TPSA) is 105 Å². The van der Waals surface area contributed by atoms with Crippen LogP contribution >= 0.6 is 0 Å². The molecule has 0 bridgehead atoms. The molecular formula is C33H65NO6. The zero-order valence-electron chi connectivity index (χ0n) is 24.6. The molecule has 1 atom stereocenters. The van der Waals surface area contributed by atoms with Crippen molar-refractivity contribution in [2.75, 3.05) is 20.0 Å². The smallest absolute Gasteiger partial charge is 0.306 e. The molecule has 0 spiro atoms. The van der Waals surface area contributed by atoms with Gasteiger partial charge >= 0.3 is 5.97 Å². The lowest BCUT2D eigenvalue weighted by Gasteiger charge is -2.14. The Hall–Kier alpha value is -3.38. The van der Waals surface area contributed by atoms with E-state index < -0.39 is 12.9 Å². The molecule has 0 fully saturated rings. The SMILES string of the molecule is CC#CC#CC#CC#CC#CNC(C)=O.CCCCCCCCCCCCCCCC(=O)O[C@H](CO)COCO.[HH].[HH].[HH].[HH].[HH].[HH].[HH].[HH].[HH]. The lowest BCUT2D eigenvalue weighted by Crippen LogP contribution is -2.27. The number of ether oxygens (including phenoxy) is 2. The zero-order valence-corrected chi connectivity index (χ0v) is 24.6. The third kappa shape index (κ3) is 34.6. The van der Waals surface area contributed by atoms with E-state index in [0.717, 1.165) is 12.8 Å². The summed E-state index contributed by atoms with van der Waals surface area (Å²) in [5.41, 5.74) is 0. The first kappa shape index (κ1) is 38.8. The standard InChI is InChI=1S/C20H40O5.C13H7NO.9H2/c1-2-3-4-5-6-7-8-9-10-11-12-13-14-15-20(23)25-19(16-21)17-24-18-22;1-3-4-5-6-7-8-9-10-11-12-14-13(2)15;;;;;;;;;/h19,21-22H,2-18H2,1H3;1-2H3,(H,14,15);9*1H/t19-;;;;;;;;;;/m1........../s1. The minimum absolute atomic E-state index is 0. The van der Waals surface area contributed by atoms with E-state index in [4.69, 9.17) is 19.7 Å². The van der Waals surface area contributed by atoms with Crippen molar-refractivity contribution in [2.45, 2.75) is 117 Å². The second-order valence-corrected chi connectivity index (χ2v) is 8.84. The van der Waals surface area contributed by atoms with Gasteiger partial charge in [0.15, 0.2) is 0 Å². The van der Waals surface area contributed by atoms with Crippen LogP contribution in [-0.2, 0) is 19.1 Å². The van der Waals surface area contributed by atoms with Crippen LogP contribution < -0.4 is 5.32 Å². The fourth-order valence-electron chi connectivity index (χ4n) is 3.24. The van der Waals surface area contributed by atoms with Gasteiger partial charge in [-0.05, 0) is 37.0 Å². The van der Waals surface area contributed by atoms with Crippen LogP contribution in [0.2, 0.25) is 0 Å². The van der Waals surface area contributed by atoms with Crippen molar-refractivity contribution in [1.82, 2.24) is 5.32 Å². The first-order valence-corrected chi connectivity index (χ1v) is 14.2. The molecule has 238 valence electrons. The first-order valence-electron chi connectivity index (χ1n) is 14.2. The van der Waals surface area contributed by atoms with Gasteiger partial charge < -0.3 is 19.7 Å². The van der Waals surface area contributed by atoms with E-state index in [-0.39, 0.29) is 37.9 Å². The summed E-state index contributed by atoms with van der Waals surface area (Å²) in [5, 5.41) is 19.9. The van der Waals surface area contributed by atoms with Gasteiger partial charge in [-0.2, -0.15) is 0 Å². The van der Waals surface area contributed by atoms with Gasteiger partial charge in [0.1, 0.15) is 12.9 Å². The Morgan fingerprint density at radius 2 is 1.23 bits per heavy atom. The van der Waals surface area contributed by atoms with Crippen LogP contribution in [0.1, 0.15) is 124 Å². The number of hydrogen-bond donors (Lipinski definition) is 3. The summed E-state index contributed by atoms with van der Waals surface area (Å²) in [6.07, 6.45) is 16.2. The van der Waals surface area contributed by atoms with Crippen LogP contribution in [-0.4, -0.2) is 48.2 Å². The van der Waals surface area contributed by atoms with E-state index in [1.807, 2.05) is 0 Å². The minimum Gasteiger partial charge on any atom is -0.457 e. The number of amides is 1. The molecule has 0 aliphatic carbocycles. The molecule has 0 aliphatic rings. The molecule has 0 aromatic carbocycles. The quantitative estimate of drug-likeness (QED) is 0.0526. The number of unbranched alkanes of at least 4 members (excludes halogenated alkanes) is 12. The predicted octanol–water partition coefficient (Wildman–Crippen LogP) is 6.67. The molecule has 7 nitrogen and oxygen atoms in total. The largest absolute Gasteiger partial charge is 0.457 e. The van der Waals surface area contributed by atoms with Gasteiger partial charge in [0.25, 0.3) is 0 Å². The number of aliphatic hydroxyl groups excluding tert-OH is 2. The van der Waals surface area contributed by atoms with Crippen molar-refractivity contribution in [3.63, 3.8) is 0 Å². The molecule has 3 N–H and O–H groups in total. The summed E-state index contributed by atoms with van der Waals surface area (Å²) in [6, 6.07) is 2.35. The number of carbonyl (C=O) groups excluding carboxylic acids is 2. The first-order chi connectivity index (χ1) is 19.5. The van der Waals surface area contributed by atoms with Gasteiger partial charge in [-0.25, -0.2) is 0 Å². The number of hydrogen-bond acceptors (Lipinski definition) is 6. The molecule has 0 radical (unpaired) electrons. The van der Waals surface area contributed by atoms with Crippen LogP contribution in [0.15, 0.2) is 0 Å². The Bertz CT molecular complexity index is 997. The Kier molecular flexibility index (Phi) is 32.6. The van der Waals surface area contributed by atoms with E-state index in [1.165, 1.54) is 77.6 Å². The highest BCUT2D eigenvalue weighted by molar-refractivity contribution is 5.74. The molecular weight excluding hydrogens is 506 g/mol. The normalized spacial score (nSPS) is 9.53. The monoisotopic (exact) mass is 571 g/mol. The maximum atomic E-state index is 11.6. The molecule has 0 aliphatic heterocycles. The van der Waals surface area contributed by atoms with Crippen molar-refractivity contribution in [2.24, 2.45) is 0 Å². The number of carbonyl (C=O) groups is 2. The average molecular weight is 572 g/mol. The maximum absolute atomic E-state index is 11.6. The van der Waals surface area contributed by atoms with Crippen molar-refractivity contribution >= 4 is 11.9 Å². The second kappa shape index (κ2) is 33.6. The molecule has 0 unspecified atom stereocenters. The third-order valence-corrected chi connectivity index (χ3v) is 5.24. The minimum atomic E-state index is -0.679. The maximum Gasteiger partial charge on any atom is 0.306 e. The van der Waals surface area contributed by atoms with Gasteiger partial charge in [-0.15, -0.1) is 0 Å². The van der Waals surface area contributed by atoms with E-state index in [0.29, 0.717) is 6.42 Å². The molecule has 0 aromatic heterocycles. The average Bonchev–Trinajstić information content (AvgIpc) is 2.94. The van der Waals surface area contributed by atoms with Crippen LogP contribution in [0.4, 0.5) is 0 Å². The van der Waals surface area contributed by atoms with Gasteiger partial charge in [0.05, 0.1) is 13.2 Å². The van der Waals surface area contributed by atoms with Crippen molar-refractivity contribution in [1.29, 1.82) is 0 Å². The summed E-state index contributed by atoms with van der Waals surface area (Å²) < 4.78 is 9.81. The number of esters is 1. The lowest BCUT2D eigenvalue weighted by molar-refractivity contribution is -0.157. The molecule has 0 rings (SSSR count). The third-order valence-electron chi connectivity index (χ3n) is 5.24. The van der Waals surface area contributed by atoms with Crippen LogP contribution in [0, 0.1) is 59.3 Å². The van der Waals surface area contributed by atoms with Gasteiger partial charge in [-0.1, -0.05) is 89.9 Å². The number of nitrogens with one attached hydrogen (secondary N) is 1. The molecule has 1 amide bonds. The summed E-state index contributed by atoms with van der Waals surface area (Å²) >= 11 is 0. The summed E-state index contributed by atoms with van der Waals surface area (Å²) in [4.78, 5) is 22.0. The molecule has 0 saturated heterocycles. The highest BCUT2D eigenvalue weighted by atomic mass is 16.6. The lowest BCUT2D eigenvalue weighted by atomic mass is 10.0. The fourth-order valence-corrected chi connectivity index (χ4v) is 3.24. The Morgan fingerprint density at radius 3 is 1.68 bits per heavy atom. The molecule has 0 saturated carbocycles. The Morgan fingerprint density at radius 1 is 0.750 bits per heavy atom. The highest BCUT2D eigenvalue weighted by Gasteiger charge is 2.13. The number of rotatable bonds is 19. The fraction of sp³-hybridized carbons (Fsp3) is 0.636. The van der Waals surface area contributed by atoms with Crippen molar-refractivity contribution in [3.8, 4) is 59.3 Å². The zero-order chi connectivity index (χ0) is 29.9. The molecule has 0 heterocycles. The van der Waals surface area contributed by atoms with E-state index >= 15 is 0 Å².